The van der Waals surface area contributed by atoms with Gasteiger partial charge in [0.1, 0.15) is 11.6 Å². The molecule has 0 aliphatic carbocycles. The van der Waals surface area contributed by atoms with Gasteiger partial charge in [0.15, 0.2) is 5.78 Å². The van der Waals surface area contributed by atoms with E-state index >= 15 is 0 Å². The minimum atomic E-state index is -0.582. The lowest BCUT2D eigenvalue weighted by molar-refractivity contribution is 0.103. The normalized spacial score (nSPS) is 10.5. The highest BCUT2D eigenvalue weighted by Crippen LogP contribution is 2.32. The predicted molar refractivity (Wildman–Crippen MR) is 82.2 cm³/mol. The first kappa shape index (κ1) is 15.8. The maximum Gasteiger partial charge on any atom is 0.197 e. The molecule has 0 saturated heterocycles. The molecule has 21 heavy (non-hydrogen) atoms. The molecule has 0 aromatic heterocycles. The molecule has 2 rings (SSSR count). The van der Waals surface area contributed by atoms with Gasteiger partial charge in [-0.3, -0.25) is 4.79 Å². The van der Waals surface area contributed by atoms with Crippen LogP contribution in [0.1, 0.15) is 28.4 Å². The van der Waals surface area contributed by atoms with Crippen molar-refractivity contribution in [3.05, 3.63) is 62.9 Å². The number of ketones is 1. The van der Waals surface area contributed by atoms with Gasteiger partial charge in [-0.05, 0) is 37.6 Å². The Balaban J connectivity index is 2.46. The van der Waals surface area contributed by atoms with Crippen molar-refractivity contribution in [3.63, 3.8) is 0 Å². The third kappa shape index (κ3) is 3.36. The van der Waals surface area contributed by atoms with Crippen LogP contribution in [0.3, 0.4) is 0 Å². The Kier molecular flexibility index (Phi) is 4.86. The number of carbonyl (C=O) groups is 1. The zero-order valence-corrected chi connectivity index (χ0v) is 13.1. The van der Waals surface area contributed by atoms with E-state index in [0.29, 0.717) is 12.4 Å². The molecule has 0 spiro atoms. The molecule has 0 unspecified atom stereocenters. The van der Waals surface area contributed by atoms with E-state index in [1.165, 1.54) is 24.3 Å². The molecular formula is C16H13Cl2FO2. The van der Waals surface area contributed by atoms with Crippen LogP contribution in [-0.2, 0) is 0 Å². The van der Waals surface area contributed by atoms with Crippen molar-refractivity contribution >= 4 is 29.0 Å². The van der Waals surface area contributed by atoms with Crippen LogP contribution >= 0.6 is 23.2 Å². The summed E-state index contributed by atoms with van der Waals surface area (Å²) in [5.74, 6) is -0.700. The molecule has 0 saturated carbocycles. The first-order valence-corrected chi connectivity index (χ1v) is 7.12. The first-order chi connectivity index (χ1) is 9.93. The Morgan fingerprint density at radius 2 is 1.86 bits per heavy atom. The number of hydrogen-bond acceptors (Lipinski definition) is 2. The van der Waals surface area contributed by atoms with E-state index in [9.17, 15) is 9.18 Å². The van der Waals surface area contributed by atoms with Crippen molar-refractivity contribution < 1.29 is 13.9 Å². The smallest absolute Gasteiger partial charge is 0.197 e. The predicted octanol–water partition coefficient (Wildman–Crippen LogP) is 5.07. The highest BCUT2D eigenvalue weighted by molar-refractivity contribution is 6.37. The van der Waals surface area contributed by atoms with Crippen LogP contribution in [0.4, 0.5) is 4.39 Å². The molecule has 5 heteroatoms. The van der Waals surface area contributed by atoms with Gasteiger partial charge in [0, 0.05) is 11.6 Å². The second-order valence-electron chi connectivity index (χ2n) is 4.51. The van der Waals surface area contributed by atoms with Gasteiger partial charge in [-0.2, -0.15) is 0 Å². The number of halogens is 3. The van der Waals surface area contributed by atoms with Crippen LogP contribution < -0.4 is 4.74 Å². The molecule has 2 aromatic rings. The Hall–Kier alpha value is -1.58. The van der Waals surface area contributed by atoms with Gasteiger partial charge in [-0.15, -0.1) is 0 Å². The molecule has 0 aliphatic heterocycles. The van der Waals surface area contributed by atoms with Crippen molar-refractivity contribution in [2.24, 2.45) is 0 Å². The Morgan fingerprint density at radius 1 is 1.14 bits per heavy atom. The fourth-order valence-corrected chi connectivity index (χ4v) is 2.38. The molecule has 2 nitrogen and oxygen atoms in total. The highest BCUT2D eigenvalue weighted by atomic mass is 35.5. The van der Waals surface area contributed by atoms with E-state index in [-0.39, 0.29) is 21.2 Å². The Labute approximate surface area is 132 Å². The number of aryl methyl sites for hydroxylation is 1. The Morgan fingerprint density at radius 3 is 2.48 bits per heavy atom. The molecule has 0 fully saturated rings. The van der Waals surface area contributed by atoms with Gasteiger partial charge in [-0.25, -0.2) is 4.39 Å². The quantitative estimate of drug-likeness (QED) is 0.733. The van der Waals surface area contributed by atoms with Crippen molar-refractivity contribution in [1.29, 1.82) is 0 Å². The topological polar surface area (TPSA) is 26.3 Å². The lowest BCUT2D eigenvalue weighted by Gasteiger charge is -2.10. The maximum atomic E-state index is 13.9. The average Bonchev–Trinajstić information content (AvgIpc) is 2.42. The molecule has 0 amide bonds. The van der Waals surface area contributed by atoms with E-state index in [4.69, 9.17) is 27.9 Å². The molecule has 0 heterocycles. The number of hydrogen-bond donors (Lipinski definition) is 0. The van der Waals surface area contributed by atoms with Gasteiger partial charge < -0.3 is 4.74 Å². The average molecular weight is 327 g/mol. The van der Waals surface area contributed by atoms with Crippen LogP contribution in [0.15, 0.2) is 30.3 Å². The van der Waals surface area contributed by atoms with E-state index < -0.39 is 11.6 Å². The summed E-state index contributed by atoms with van der Waals surface area (Å²) in [4.78, 5) is 12.4. The summed E-state index contributed by atoms with van der Waals surface area (Å²) >= 11 is 12.1. The summed E-state index contributed by atoms with van der Waals surface area (Å²) in [6.07, 6.45) is 0. The molecule has 0 aliphatic rings. The standard InChI is InChI=1S/C16H13Cl2FO2/c1-3-21-15-8-12(17)11(7-13(15)18)16(20)10-5-4-9(2)6-14(10)19/h4-8H,3H2,1-2H3. The van der Waals surface area contributed by atoms with Crippen molar-refractivity contribution in [3.8, 4) is 5.75 Å². The lowest BCUT2D eigenvalue weighted by Crippen LogP contribution is -2.06. The summed E-state index contributed by atoms with van der Waals surface area (Å²) in [7, 11) is 0. The van der Waals surface area contributed by atoms with Crippen molar-refractivity contribution in [1.82, 2.24) is 0 Å². The van der Waals surface area contributed by atoms with E-state index in [1.807, 2.05) is 6.92 Å². The summed E-state index contributed by atoms with van der Waals surface area (Å²) in [6.45, 7) is 3.99. The zero-order chi connectivity index (χ0) is 15.6. The first-order valence-electron chi connectivity index (χ1n) is 6.36. The second-order valence-corrected chi connectivity index (χ2v) is 5.32. The number of carbonyl (C=O) groups excluding carboxylic acids is 1. The van der Waals surface area contributed by atoms with Crippen LogP contribution in [0.2, 0.25) is 10.0 Å². The zero-order valence-electron chi connectivity index (χ0n) is 11.5. The lowest BCUT2D eigenvalue weighted by atomic mass is 10.0. The SMILES string of the molecule is CCOc1cc(Cl)c(C(=O)c2ccc(C)cc2F)cc1Cl. The fraction of sp³-hybridized carbons (Fsp3) is 0.188. The summed E-state index contributed by atoms with van der Waals surface area (Å²) in [5, 5.41) is 0.435. The highest BCUT2D eigenvalue weighted by Gasteiger charge is 2.19. The van der Waals surface area contributed by atoms with Crippen LogP contribution in [0.5, 0.6) is 5.75 Å². The maximum absolute atomic E-state index is 13.9. The van der Waals surface area contributed by atoms with Gasteiger partial charge in [-0.1, -0.05) is 29.3 Å². The monoisotopic (exact) mass is 326 g/mol. The molecule has 0 N–H and O–H groups in total. The van der Waals surface area contributed by atoms with Gasteiger partial charge >= 0.3 is 0 Å². The van der Waals surface area contributed by atoms with E-state index in [0.717, 1.165) is 5.56 Å². The number of ether oxygens (including phenoxy) is 1. The van der Waals surface area contributed by atoms with Gasteiger partial charge in [0.25, 0.3) is 0 Å². The summed E-state index contributed by atoms with van der Waals surface area (Å²) in [5.41, 5.74) is 0.843. The van der Waals surface area contributed by atoms with Crippen LogP contribution in [-0.4, -0.2) is 12.4 Å². The second kappa shape index (κ2) is 6.46. The van der Waals surface area contributed by atoms with Crippen LogP contribution in [0, 0.1) is 12.7 Å². The van der Waals surface area contributed by atoms with Gasteiger partial charge in [0.2, 0.25) is 0 Å². The third-order valence-corrected chi connectivity index (χ3v) is 3.54. The summed E-state index contributed by atoms with van der Waals surface area (Å²) in [6, 6.07) is 7.27. The number of benzene rings is 2. The van der Waals surface area contributed by atoms with E-state index in [1.54, 1.807) is 13.0 Å². The minimum Gasteiger partial charge on any atom is -0.492 e. The largest absolute Gasteiger partial charge is 0.492 e. The molecule has 0 bridgehead atoms. The van der Waals surface area contributed by atoms with Crippen molar-refractivity contribution in [2.45, 2.75) is 13.8 Å². The molecular weight excluding hydrogens is 314 g/mol. The fourth-order valence-electron chi connectivity index (χ4n) is 1.92. The van der Waals surface area contributed by atoms with E-state index in [2.05, 4.69) is 0 Å². The molecule has 0 radical (unpaired) electrons. The van der Waals surface area contributed by atoms with Crippen molar-refractivity contribution in [2.75, 3.05) is 6.61 Å². The molecule has 2 aromatic carbocycles. The Bertz CT molecular complexity index is 699. The number of rotatable bonds is 4. The minimum absolute atomic E-state index is 0.0391. The molecule has 0 atom stereocenters. The van der Waals surface area contributed by atoms with Crippen LogP contribution in [0.25, 0.3) is 0 Å². The third-order valence-electron chi connectivity index (χ3n) is 2.94. The molecule has 110 valence electrons. The summed E-state index contributed by atoms with van der Waals surface area (Å²) < 4.78 is 19.2. The van der Waals surface area contributed by atoms with Gasteiger partial charge in [0.05, 0.1) is 22.2 Å².